The zero-order chi connectivity index (χ0) is 21.9. The molecule has 2 N–H and O–H groups in total. The standard InChI is InChI=1S/C26H26N4O2/c1-32-25-10-6-5-9-21(25)22-16-30(15-18-7-3-2-4-8-18)17-23(22)26(31)28-20-11-12-24-19(13-20)14-27-29-24/h2-14,22-23H,15-17H2,1H3,(H,27,29)(H,28,31). The van der Waals surface area contributed by atoms with Gasteiger partial charge in [0.05, 0.1) is 24.7 Å². The Morgan fingerprint density at radius 3 is 2.75 bits per heavy atom. The second-order valence-corrected chi connectivity index (χ2v) is 8.30. The smallest absolute Gasteiger partial charge is 0.229 e. The van der Waals surface area contributed by atoms with Gasteiger partial charge in [-0.2, -0.15) is 5.10 Å². The molecule has 2 unspecified atom stereocenters. The summed E-state index contributed by atoms with van der Waals surface area (Å²) in [6.45, 7) is 2.31. The van der Waals surface area contributed by atoms with Gasteiger partial charge in [-0.3, -0.25) is 14.8 Å². The number of aromatic amines is 1. The number of carbonyl (C=O) groups excluding carboxylic acids is 1. The van der Waals surface area contributed by atoms with E-state index in [4.69, 9.17) is 4.74 Å². The molecule has 3 aromatic carbocycles. The lowest BCUT2D eigenvalue weighted by atomic mass is 9.87. The number of amides is 1. The Kier molecular flexibility index (Phi) is 5.60. The molecule has 1 aromatic heterocycles. The number of hydrogen-bond acceptors (Lipinski definition) is 4. The molecule has 32 heavy (non-hydrogen) atoms. The number of H-pyrrole nitrogens is 1. The maximum atomic E-state index is 13.5. The summed E-state index contributed by atoms with van der Waals surface area (Å²) in [6.07, 6.45) is 1.76. The fourth-order valence-electron chi connectivity index (χ4n) is 4.66. The van der Waals surface area contributed by atoms with E-state index in [9.17, 15) is 4.79 Å². The third kappa shape index (κ3) is 4.09. The Morgan fingerprint density at radius 1 is 1.09 bits per heavy atom. The lowest BCUT2D eigenvalue weighted by Crippen LogP contribution is -2.29. The van der Waals surface area contributed by atoms with Gasteiger partial charge in [0.25, 0.3) is 0 Å². The summed E-state index contributed by atoms with van der Waals surface area (Å²) >= 11 is 0. The maximum Gasteiger partial charge on any atom is 0.229 e. The molecule has 1 saturated heterocycles. The molecular weight excluding hydrogens is 400 g/mol. The molecule has 2 atom stereocenters. The number of fused-ring (bicyclic) bond motifs is 1. The number of methoxy groups -OCH3 is 1. The third-order valence-electron chi connectivity index (χ3n) is 6.23. The Balaban J connectivity index is 1.41. The normalized spacial score (nSPS) is 18.7. The van der Waals surface area contributed by atoms with Crippen LogP contribution in [0.4, 0.5) is 5.69 Å². The van der Waals surface area contributed by atoms with E-state index in [-0.39, 0.29) is 17.7 Å². The number of benzene rings is 3. The third-order valence-corrected chi connectivity index (χ3v) is 6.23. The zero-order valence-electron chi connectivity index (χ0n) is 18.0. The van der Waals surface area contributed by atoms with E-state index in [1.807, 2.05) is 42.5 Å². The average molecular weight is 427 g/mol. The summed E-state index contributed by atoms with van der Waals surface area (Å²) in [5.74, 6) is 0.721. The predicted octanol–water partition coefficient (Wildman–Crippen LogP) is 4.43. The molecule has 1 amide bonds. The highest BCUT2D eigenvalue weighted by Crippen LogP contribution is 2.38. The van der Waals surface area contributed by atoms with Gasteiger partial charge in [0.1, 0.15) is 5.75 Å². The van der Waals surface area contributed by atoms with Crippen molar-refractivity contribution in [1.29, 1.82) is 0 Å². The minimum atomic E-state index is -0.185. The summed E-state index contributed by atoms with van der Waals surface area (Å²) in [7, 11) is 1.69. The molecule has 6 heteroatoms. The van der Waals surface area contributed by atoms with Crippen molar-refractivity contribution in [3.8, 4) is 5.75 Å². The van der Waals surface area contributed by atoms with Gasteiger partial charge in [0.2, 0.25) is 5.91 Å². The molecule has 0 aliphatic carbocycles. The molecule has 4 aromatic rings. The van der Waals surface area contributed by atoms with Gasteiger partial charge < -0.3 is 10.1 Å². The summed E-state index contributed by atoms with van der Waals surface area (Å²) in [5.41, 5.74) is 4.06. The van der Waals surface area contributed by atoms with Gasteiger partial charge in [0, 0.05) is 36.6 Å². The number of nitrogens with zero attached hydrogens (tertiary/aromatic N) is 2. The fraction of sp³-hybridized carbons (Fsp3) is 0.231. The highest BCUT2D eigenvalue weighted by atomic mass is 16.5. The maximum absolute atomic E-state index is 13.5. The van der Waals surface area contributed by atoms with Crippen molar-refractivity contribution in [1.82, 2.24) is 15.1 Å². The first-order chi connectivity index (χ1) is 15.7. The summed E-state index contributed by atoms with van der Waals surface area (Å²) in [4.78, 5) is 15.8. The largest absolute Gasteiger partial charge is 0.496 e. The quantitative estimate of drug-likeness (QED) is 0.479. The fourth-order valence-corrected chi connectivity index (χ4v) is 4.66. The molecule has 6 nitrogen and oxygen atoms in total. The number of likely N-dealkylation sites (tertiary alicyclic amines) is 1. The molecule has 1 aliphatic rings. The lowest BCUT2D eigenvalue weighted by Gasteiger charge is -2.20. The van der Waals surface area contributed by atoms with Gasteiger partial charge in [-0.05, 0) is 35.4 Å². The van der Waals surface area contributed by atoms with E-state index in [0.29, 0.717) is 6.54 Å². The highest BCUT2D eigenvalue weighted by molar-refractivity contribution is 5.95. The first kappa shape index (κ1) is 20.3. The number of nitrogens with one attached hydrogen (secondary N) is 2. The van der Waals surface area contributed by atoms with Crippen LogP contribution in [0.2, 0.25) is 0 Å². The molecular formula is C26H26N4O2. The Hall–Kier alpha value is -3.64. The number of hydrogen-bond donors (Lipinski definition) is 2. The minimum absolute atomic E-state index is 0.0271. The highest BCUT2D eigenvalue weighted by Gasteiger charge is 2.39. The second-order valence-electron chi connectivity index (χ2n) is 8.30. The number of aromatic nitrogens is 2. The van der Waals surface area contributed by atoms with E-state index in [1.165, 1.54) is 5.56 Å². The minimum Gasteiger partial charge on any atom is -0.496 e. The van der Waals surface area contributed by atoms with E-state index in [2.05, 4.69) is 50.7 Å². The van der Waals surface area contributed by atoms with Crippen LogP contribution < -0.4 is 10.1 Å². The number of ether oxygens (including phenoxy) is 1. The van der Waals surface area contributed by atoms with Gasteiger partial charge in [-0.1, -0.05) is 48.5 Å². The van der Waals surface area contributed by atoms with Crippen molar-refractivity contribution >= 4 is 22.5 Å². The van der Waals surface area contributed by atoms with Crippen LogP contribution in [-0.4, -0.2) is 41.2 Å². The molecule has 0 radical (unpaired) electrons. The van der Waals surface area contributed by atoms with Crippen LogP contribution in [0, 0.1) is 5.92 Å². The van der Waals surface area contributed by atoms with Gasteiger partial charge >= 0.3 is 0 Å². The molecule has 1 aliphatic heterocycles. The molecule has 5 rings (SSSR count). The van der Waals surface area contributed by atoms with Crippen LogP contribution in [0.3, 0.4) is 0 Å². The van der Waals surface area contributed by atoms with Gasteiger partial charge in [0.15, 0.2) is 0 Å². The number of para-hydroxylation sites is 1. The van der Waals surface area contributed by atoms with Crippen LogP contribution in [0.25, 0.3) is 10.9 Å². The molecule has 0 spiro atoms. The van der Waals surface area contributed by atoms with Crippen LogP contribution >= 0.6 is 0 Å². The summed E-state index contributed by atoms with van der Waals surface area (Å²) in [5, 5.41) is 11.1. The van der Waals surface area contributed by atoms with Crippen LogP contribution in [0.15, 0.2) is 79.0 Å². The van der Waals surface area contributed by atoms with E-state index < -0.39 is 0 Å². The van der Waals surface area contributed by atoms with E-state index in [0.717, 1.165) is 41.0 Å². The Bertz CT molecular complexity index is 1220. The SMILES string of the molecule is COc1ccccc1C1CN(Cc2ccccc2)CC1C(=O)Nc1ccc2[nH]ncc2c1. The van der Waals surface area contributed by atoms with Crippen molar-refractivity contribution in [3.63, 3.8) is 0 Å². The second kappa shape index (κ2) is 8.85. The summed E-state index contributed by atoms with van der Waals surface area (Å²) in [6, 6.07) is 24.2. The topological polar surface area (TPSA) is 70.2 Å². The molecule has 162 valence electrons. The first-order valence-electron chi connectivity index (χ1n) is 10.8. The van der Waals surface area contributed by atoms with Gasteiger partial charge in [-0.25, -0.2) is 0 Å². The van der Waals surface area contributed by atoms with Crippen molar-refractivity contribution < 1.29 is 9.53 Å². The number of carbonyl (C=O) groups is 1. The van der Waals surface area contributed by atoms with Crippen molar-refractivity contribution in [2.45, 2.75) is 12.5 Å². The van der Waals surface area contributed by atoms with E-state index in [1.54, 1.807) is 13.3 Å². The molecule has 0 bridgehead atoms. The molecule has 2 heterocycles. The number of anilines is 1. The van der Waals surface area contributed by atoms with Crippen molar-refractivity contribution in [2.75, 3.05) is 25.5 Å². The zero-order valence-corrected chi connectivity index (χ0v) is 18.0. The number of rotatable bonds is 6. The van der Waals surface area contributed by atoms with E-state index >= 15 is 0 Å². The Labute approximate surface area is 187 Å². The lowest BCUT2D eigenvalue weighted by molar-refractivity contribution is -0.119. The molecule has 0 saturated carbocycles. The van der Waals surface area contributed by atoms with Crippen molar-refractivity contribution in [3.05, 3.63) is 90.1 Å². The van der Waals surface area contributed by atoms with Crippen LogP contribution in [0.5, 0.6) is 5.75 Å². The first-order valence-corrected chi connectivity index (χ1v) is 10.8. The molecule has 1 fully saturated rings. The van der Waals surface area contributed by atoms with Crippen molar-refractivity contribution in [2.24, 2.45) is 5.92 Å². The predicted molar refractivity (Wildman–Crippen MR) is 126 cm³/mol. The van der Waals surface area contributed by atoms with Crippen LogP contribution in [0.1, 0.15) is 17.0 Å². The van der Waals surface area contributed by atoms with Gasteiger partial charge in [-0.15, -0.1) is 0 Å². The monoisotopic (exact) mass is 426 g/mol. The van der Waals surface area contributed by atoms with Crippen LogP contribution in [-0.2, 0) is 11.3 Å². The Morgan fingerprint density at radius 2 is 1.91 bits per heavy atom. The average Bonchev–Trinajstić information content (AvgIpc) is 3.46. The summed E-state index contributed by atoms with van der Waals surface area (Å²) < 4.78 is 5.64.